The maximum atomic E-state index is 12.9. The molecule has 2 aromatic rings. The summed E-state index contributed by atoms with van der Waals surface area (Å²) in [6.07, 6.45) is 1.39. The zero-order valence-corrected chi connectivity index (χ0v) is 13.7. The summed E-state index contributed by atoms with van der Waals surface area (Å²) in [5.74, 6) is -0.144. The topological polar surface area (TPSA) is 53.8 Å². The van der Waals surface area contributed by atoms with E-state index in [0.29, 0.717) is 24.3 Å². The number of anilines is 2. The molecule has 0 N–H and O–H groups in total. The van der Waals surface area contributed by atoms with E-state index in [1.165, 1.54) is 13.2 Å². The molecule has 1 atom stereocenters. The number of carbonyl (C=O) groups excluding carboxylic acids is 2. The molecule has 0 fully saturated rings. The van der Waals surface area contributed by atoms with Crippen molar-refractivity contribution in [1.82, 2.24) is 0 Å². The smallest absolute Gasteiger partial charge is 0.263 e. The Labute approximate surface area is 139 Å². The number of halogens is 1. The molecule has 0 bridgehead atoms. The molecule has 1 aliphatic rings. The molecule has 120 valence electrons. The van der Waals surface area contributed by atoms with Gasteiger partial charge in [-0.15, -0.1) is 0 Å². The summed E-state index contributed by atoms with van der Waals surface area (Å²) in [5, 5.41) is 0.0767. The predicted molar refractivity (Wildman–Crippen MR) is 89.0 cm³/mol. The molecule has 1 aromatic heterocycles. The van der Waals surface area contributed by atoms with Crippen LogP contribution in [0.25, 0.3) is 0 Å². The van der Waals surface area contributed by atoms with Crippen LogP contribution in [0.3, 0.4) is 0 Å². The van der Waals surface area contributed by atoms with Crippen LogP contribution in [0.2, 0.25) is 5.22 Å². The van der Waals surface area contributed by atoms with Gasteiger partial charge < -0.3 is 14.2 Å². The highest BCUT2D eigenvalue weighted by molar-refractivity contribution is 6.33. The van der Waals surface area contributed by atoms with Crippen LogP contribution in [0.15, 0.2) is 41.0 Å². The molecule has 6 heteroatoms. The van der Waals surface area contributed by atoms with Crippen molar-refractivity contribution in [3.63, 3.8) is 0 Å². The molecule has 0 saturated heterocycles. The minimum Gasteiger partial charge on any atom is -0.452 e. The van der Waals surface area contributed by atoms with Crippen LogP contribution >= 0.6 is 11.6 Å². The zero-order valence-electron chi connectivity index (χ0n) is 13.0. The Kier molecular flexibility index (Phi) is 4.13. The van der Waals surface area contributed by atoms with Gasteiger partial charge in [-0.25, -0.2) is 0 Å². The quantitative estimate of drug-likeness (QED) is 0.802. The maximum Gasteiger partial charge on any atom is 0.263 e. The highest BCUT2D eigenvalue weighted by Crippen LogP contribution is 2.35. The van der Waals surface area contributed by atoms with Crippen molar-refractivity contribution < 1.29 is 14.0 Å². The summed E-state index contributed by atoms with van der Waals surface area (Å²) in [5.41, 5.74) is 1.76. The summed E-state index contributed by atoms with van der Waals surface area (Å²) < 4.78 is 5.04. The van der Waals surface area contributed by atoms with Crippen LogP contribution in [0, 0.1) is 5.92 Å². The second-order valence-electron chi connectivity index (χ2n) is 5.75. The number of rotatable bonds is 1. The fraction of sp³-hybridized carbons (Fsp3) is 0.294. The van der Waals surface area contributed by atoms with E-state index in [9.17, 15) is 9.59 Å². The van der Waals surface area contributed by atoms with Gasteiger partial charge in [0, 0.05) is 20.0 Å². The van der Waals surface area contributed by atoms with E-state index in [1.54, 1.807) is 15.9 Å². The lowest BCUT2D eigenvalue weighted by molar-refractivity contribution is -0.116. The Bertz CT molecular complexity index is 756. The molecule has 2 amide bonds. The normalized spacial score (nSPS) is 17.6. The molecule has 1 unspecified atom stereocenters. The summed E-state index contributed by atoms with van der Waals surface area (Å²) >= 11 is 5.96. The predicted octanol–water partition coefficient (Wildman–Crippen LogP) is 3.58. The van der Waals surface area contributed by atoms with Gasteiger partial charge in [0.15, 0.2) is 0 Å². The second-order valence-corrected chi connectivity index (χ2v) is 6.09. The van der Waals surface area contributed by atoms with E-state index in [2.05, 4.69) is 0 Å². The van der Waals surface area contributed by atoms with Gasteiger partial charge in [0.2, 0.25) is 11.1 Å². The Morgan fingerprint density at radius 3 is 2.30 bits per heavy atom. The molecular weight excluding hydrogens is 316 g/mol. The molecule has 1 aliphatic heterocycles. The Morgan fingerprint density at radius 1 is 1.13 bits per heavy atom. The molecule has 0 radical (unpaired) electrons. The van der Waals surface area contributed by atoms with Crippen LogP contribution in [-0.4, -0.2) is 24.9 Å². The maximum absolute atomic E-state index is 12.9. The minimum absolute atomic E-state index is 0.0417. The van der Waals surface area contributed by atoms with Crippen LogP contribution in [-0.2, 0) is 4.79 Å². The first-order valence-electron chi connectivity index (χ1n) is 7.41. The number of benzene rings is 1. The van der Waals surface area contributed by atoms with Gasteiger partial charge in [0.05, 0.1) is 23.2 Å². The first-order chi connectivity index (χ1) is 11.0. The number of carbonyl (C=O) groups is 2. The van der Waals surface area contributed by atoms with Crippen LogP contribution < -0.4 is 9.80 Å². The highest BCUT2D eigenvalue weighted by Gasteiger charge is 2.31. The van der Waals surface area contributed by atoms with Crippen molar-refractivity contribution in [2.45, 2.75) is 13.8 Å². The number of hydrogen-bond donors (Lipinski definition) is 0. The molecule has 2 heterocycles. The Balaban J connectivity index is 2.09. The number of furan rings is 1. The third kappa shape index (κ3) is 2.84. The third-order valence-electron chi connectivity index (χ3n) is 3.93. The van der Waals surface area contributed by atoms with Crippen molar-refractivity contribution >= 4 is 34.8 Å². The van der Waals surface area contributed by atoms with Crippen molar-refractivity contribution in [2.24, 2.45) is 5.92 Å². The largest absolute Gasteiger partial charge is 0.452 e. The molecule has 23 heavy (non-hydrogen) atoms. The van der Waals surface area contributed by atoms with Gasteiger partial charge in [-0.2, -0.15) is 0 Å². The highest BCUT2D eigenvalue weighted by atomic mass is 35.5. The number of hydrogen-bond acceptors (Lipinski definition) is 3. The first-order valence-corrected chi connectivity index (χ1v) is 7.79. The molecule has 0 aliphatic carbocycles. The van der Waals surface area contributed by atoms with E-state index in [-0.39, 0.29) is 23.0 Å². The van der Waals surface area contributed by atoms with Gasteiger partial charge in [0.1, 0.15) is 0 Å². The molecule has 5 nitrogen and oxygen atoms in total. The van der Waals surface area contributed by atoms with Crippen LogP contribution in [0.1, 0.15) is 24.2 Å². The summed E-state index contributed by atoms with van der Waals surface area (Å²) in [4.78, 5) is 28.3. The SMILES string of the molecule is CC(=O)N1CC(C)CN(C(=O)c2ccoc2Cl)c2ccccc21. The molecule has 0 spiro atoms. The van der Waals surface area contributed by atoms with E-state index in [0.717, 1.165) is 5.69 Å². The number of amides is 2. The summed E-state index contributed by atoms with van der Waals surface area (Å²) in [7, 11) is 0. The third-order valence-corrected chi connectivity index (χ3v) is 4.22. The average Bonchev–Trinajstić information content (AvgIpc) is 2.88. The lowest BCUT2D eigenvalue weighted by Gasteiger charge is -2.24. The lowest BCUT2D eigenvalue weighted by atomic mass is 10.1. The Hall–Kier alpha value is -2.27. The van der Waals surface area contributed by atoms with Gasteiger partial charge in [-0.1, -0.05) is 19.1 Å². The Morgan fingerprint density at radius 2 is 1.74 bits per heavy atom. The number of nitrogens with zero attached hydrogens (tertiary/aromatic N) is 2. The lowest BCUT2D eigenvalue weighted by Crippen LogP contribution is -2.35. The molecule has 0 saturated carbocycles. The zero-order chi connectivity index (χ0) is 16.6. The summed E-state index contributed by atoms with van der Waals surface area (Å²) in [6.45, 7) is 4.61. The summed E-state index contributed by atoms with van der Waals surface area (Å²) in [6, 6.07) is 8.97. The van der Waals surface area contributed by atoms with Gasteiger partial charge in [-0.05, 0) is 35.7 Å². The first kappa shape index (κ1) is 15.6. The molecule has 3 rings (SSSR count). The van der Waals surface area contributed by atoms with Gasteiger partial charge in [0.25, 0.3) is 5.91 Å². The van der Waals surface area contributed by atoms with E-state index in [4.69, 9.17) is 16.0 Å². The van der Waals surface area contributed by atoms with Crippen LogP contribution in [0.4, 0.5) is 11.4 Å². The van der Waals surface area contributed by atoms with Crippen molar-refractivity contribution in [2.75, 3.05) is 22.9 Å². The van der Waals surface area contributed by atoms with E-state index < -0.39 is 0 Å². The second kappa shape index (κ2) is 6.08. The minimum atomic E-state index is -0.228. The fourth-order valence-electron chi connectivity index (χ4n) is 2.88. The number of fused-ring (bicyclic) bond motifs is 1. The van der Waals surface area contributed by atoms with Gasteiger partial charge >= 0.3 is 0 Å². The van der Waals surface area contributed by atoms with E-state index >= 15 is 0 Å². The fourth-order valence-corrected chi connectivity index (χ4v) is 3.08. The van der Waals surface area contributed by atoms with Crippen molar-refractivity contribution in [3.05, 3.63) is 47.4 Å². The monoisotopic (exact) mass is 332 g/mol. The standard InChI is InChI=1S/C17H17ClN2O3/c1-11-9-19(12(2)21)14-5-3-4-6-15(14)20(10-11)17(22)13-7-8-23-16(13)18/h3-8,11H,9-10H2,1-2H3. The average molecular weight is 333 g/mol. The molecular formula is C17H17ClN2O3. The van der Waals surface area contributed by atoms with Crippen LogP contribution in [0.5, 0.6) is 0 Å². The molecule has 1 aromatic carbocycles. The number of para-hydroxylation sites is 2. The van der Waals surface area contributed by atoms with Crippen molar-refractivity contribution in [1.29, 1.82) is 0 Å². The van der Waals surface area contributed by atoms with Gasteiger partial charge in [-0.3, -0.25) is 9.59 Å². The van der Waals surface area contributed by atoms with Crippen molar-refractivity contribution in [3.8, 4) is 0 Å². The van der Waals surface area contributed by atoms with E-state index in [1.807, 2.05) is 31.2 Å².